The quantitative estimate of drug-likeness (QED) is 0.794. The van der Waals surface area contributed by atoms with E-state index in [1.807, 2.05) is 36.5 Å². The molecule has 0 bridgehead atoms. The molecule has 6 heteroatoms. The fourth-order valence-corrected chi connectivity index (χ4v) is 2.69. The third-order valence-corrected chi connectivity index (χ3v) is 3.76. The van der Waals surface area contributed by atoms with Gasteiger partial charge in [0, 0.05) is 24.3 Å². The second-order valence-electron chi connectivity index (χ2n) is 5.15. The van der Waals surface area contributed by atoms with Gasteiger partial charge in [-0.25, -0.2) is 0 Å². The average molecular weight is 280 g/mol. The lowest BCUT2D eigenvalue weighted by atomic mass is 10.2. The van der Waals surface area contributed by atoms with Crippen LogP contribution >= 0.6 is 0 Å². The van der Waals surface area contributed by atoms with E-state index >= 15 is 0 Å². The van der Waals surface area contributed by atoms with Gasteiger partial charge in [-0.1, -0.05) is 18.2 Å². The summed E-state index contributed by atoms with van der Waals surface area (Å²) in [5.41, 5.74) is 3.55. The first-order valence-electron chi connectivity index (χ1n) is 7.15. The number of nitrogens with zero attached hydrogens (tertiary/aromatic N) is 5. The molecule has 1 aliphatic rings. The lowest BCUT2D eigenvalue weighted by Crippen LogP contribution is -2.03. The van der Waals surface area contributed by atoms with Crippen LogP contribution in [0.15, 0.2) is 42.7 Å². The molecule has 4 rings (SSSR count). The zero-order valence-electron chi connectivity index (χ0n) is 11.6. The fraction of sp³-hybridized carbons (Fsp3) is 0.267. The minimum Gasteiger partial charge on any atom is -0.363 e. The van der Waals surface area contributed by atoms with Gasteiger partial charge in [0.2, 0.25) is 0 Å². The Morgan fingerprint density at radius 1 is 1.10 bits per heavy atom. The second-order valence-corrected chi connectivity index (χ2v) is 5.15. The third-order valence-electron chi connectivity index (χ3n) is 3.76. The van der Waals surface area contributed by atoms with Gasteiger partial charge in [0.15, 0.2) is 5.82 Å². The number of rotatable bonds is 4. The van der Waals surface area contributed by atoms with Gasteiger partial charge in [-0.2, -0.15) is 10.2 Å². The van der Waals surface area contributed by atoms with Crippen LogP contribution in [0.5, 0.6) is 0 Å². The summed E-state index contributed by atoms with van der Waals surface area (Å²) < 4.78 is 2.10. The SMILES string of the molecule is c1ccc(-n2ncc(NCc3cnn4c3CCC4)n2)cc1. The number of aromatic nitrogens is 5. The topological polar surface area (TPSA) is 60.6 Å². The van der Waals surface area contributed by atoms with E-state index < -0.39 is 0 Å². The molecule has 3 heterocycles. The largest absolute Gasteiger partial charge is 0.363 e. The Morgan fingerprint density at radius 2 is 2.00 bits per heavy atom. The maximum Gasteiger partial charge on any atom is 0.169 e. The number of hydrogen-bond donors (Lipinski definition) is 1. The molecular weight excluding hydrogens is 264 g/mol. The van der Waals surface area contributed by atoms with Crippen molar-refractivity contribution in [2.45, 2.75) is 25.9 Å². The van der Waals surface area contributed by atoms with Crippen molar-refractivity contribution < 1.29 is 0 Å². The van der Waals surface area contributed by atoms with Crippen LogP contribution in [-0.4, -0.2) is 24.8 Å². The summed E-state index contributed by atoms with van der Waals surface area (Å²) in [5.74, 6) is 0.775. The first kappa shape index (κ1) is 12.1. The number of para-hydroxylation sites is 1. The highest BCUT2D eigenvalue weighted by atomic mass is 15.5. The Morgan fingerprint density at radius 3 is 2.90 bits per heavy atom. The highest BCUT2D eigenvalue weighted by Gasteiger charge is 2.15. The Bertz CT molecular complexity index is 743. The van der Waals surface area contributed by atoms with E-state index in [1.165, 1.54) is 17.7 Å². The molecule has 0 unspecified atom stereocenters. The standard InChI is InChI=1S/C15H16N6/c1-2-5-13(6-3-1)21-18-11-15(19-21)16-9-12-10-17-20-8-4-7-14(12)20/h1-3,5-6,10-11H,4,7-9H2,(H,16,19). The maximum atomic E-state index is 4.44. The summed E-state index contributed by atoms with van der Waals surface area (Å²) in [6.45, 7) is 1.78. The zero-order chi connectivity index (χ0) is 14.1. The van der Waals surface area contributed by atoms with Gasteiger partial charge in [-0.3, -0.25) is 4.68 Å². The van der Waals surface area contributed by atoms with Crippen molar-refractivity contribution in [3.05, 3.63) is 54.0 Å². The van der Waals surface area contributed by atoms with Crippen molar-refractivity contribution in [2.75, 3.05) is 5.32 Å². The molecule has 1 N–H and O–H groups in total. The molecule has 0 radical (unpaired) electrons. The number of benzene rings is 1. The molecule has 0 spiro atoms. The molecule has 3 aromatic rings. The van der Waals surface area contributed by atoms with Crippen LogP contribution in [0.4, 0.5) is 5.82 Å². The number of fused-ring (bicyclic) bond motifs is 1. The summed E-state index contributed by atoms with van der Waals surface area (Å²) in [7, 11) is 0. The first-order chi connectivity index (χ1) is 10.4. The van der Waals surface area contributed by atoms with Crippen LogP contribution < -0.4 is 5.32 Å². The molecule has 0 saturated carbocycles. The molecule has 21 heavy (non-hydrogen) atoms. The lowest BCUT2D eigenvalue weighted by molar-refractivity contribution is 0.656. The van der Waals surface area contributed by atoms with E-state index in [1.54, 1.807) is 11.0 Å². The highest BCUT2D eigenvalue weighted by molar-refractivity contribution is 5.36. The second kappa shape index (κ2) is 5.05. The van der Waals surface area contributed by atoms with E-state index in [9.17, 15) is 0 Å². The molecule has 0 saturated heterocycles. The van der Waals surface area contributed by atoms with Crippen LogP contribution in [0, 0.1) is 0 Å². The average Bonchev–Trinajstić information content (AvgIpc) is 3.23. The number of aryl methyl sites for hydroxylation is 1. The van der Waals surface area contributed by atoms with E-state index in [4.69, 9.17) is 0 Å². The van der Waals surface area contributed by atoms with Crippen LogP contribution in [0.1, 0.15) is 17.7 Å². The molecule has 0 atom stereocenters. The predicted molar refractivity (Wildman–Crippen MR) is 79.2 cm³/mol. The smallest absolute Gasteiger partial charge is 0.169 e. The molecule has 0 fully saturated rings. The van der Waals surface area contributed by atoms with Gasteiger partial charge < -0.3 is 5.32 Å². The minimum absolute atomic E-state index is 0.739. The number of hydrogen-bond acceptors (Lipinski definition) is 4. The normalized spacial score (nSPS) is 13.3. The van der Waals surface area contributed by atoms with Gasteiger partial charge in [0.25, 0.3) is 0 Å². The predicted octanol–water partition coefficient (Wildman–Crippen LogP) is 2.02. The molecular formula is C15H16N6. The van der Waals surface area contributed by atoms with Gasteiger partial charge in [0.05, 0.1) is 18.1 Å². The van der Waals surface area contributed by atoms with Crippen LogP contribution in [0.25, 0.3) is 5.69 Å². The molecule has 0 amide bonds. The van der Waals surface area contributed by atoms with E-state index in [0.29, 0.717) is 0 Å². The summed E-state index contributed by atoms with van der Waals surface area (Å²) in [5, 5.41) is 16.4. The number of nitrogens with one attached hydrogen (secondary N) is 1. The van der Waals surface area contributed by atoms with Crippen molar-refractivity contribution in [1.82, 2.24) is 24.8 Å². The van der Waals surface area contributed by atoms with Crippen molar-refractivity contribution in [2.24, 2.45) is 0 Å². The molecule has 106 valence electrons. The van der Waals surface area contributed by atoms with Gasteiger partial charge in [0.1, 0.15) is 0 Å². The monoisotopic (exact) mass is 280 g/mol. The van der Waals surface area contributed by atoms with Crippen LogP contribution in [0.2, 0.25) is 0 Å². The van der Waals surface area contributed by atoms with Gasteiger partial charge in [-0.05, 0) is 25.0 Å². The van der Waals surface area contributed by atoms with E-state index in [0.717, 1.165) is 31.0 Å². The maximum absolute atomic E-state index is 4.44. The summed E-state index contributed by atoms with van der Waals surface area (Å²) in [4.78, 5) is 1.63. The van der Waals surface area contributed by atoms with Gasteiger partial charge in [-0.15, -0.1) is 9.90 Å². The van der Waals surface area contributed by atoms with Crippen LogP contribution in [-0.2, 0) is 19.5 Å². The van der Waals surface area contributed by atoms with Crippen molar-refractivity contribution in [3.63, 3.8) is 0 Å². The summed E-state index contributed by atoms with van der Waals surface area (Å²) in [6.07, 6.45) is 6.01. The molecule has 6 nitrogen and oxygen atoms in total. The molecule has 0 aliphatic carbocycles. The fourth-order valence-electron chi connectivity index (χ4n) is 2.69. The molecule has 1 aromatic carbocycles. The van der Waals surface area contributed by atoms with Crippen molar-refractivity contribution in [1.29, 1.82) is 0 Å². The Labute approximate surface area is 122 Å². The number of anilines is 1. The molecule has 2 aromatic heterocycles. The highest BCUT2D eigenvalue weighted by Crippen LogP contribution is 2.19. The first-order valence-corrected chi connectivity index (χ1v) is 7.15. The Hall–Kier alpha value is -2.63. The van der Waals surface area contributed by atoms with E-state index in [-0.39, 0.29) is 0 Å². The zero-order valence-corrected chi connectivity index (χ0v) is 11.6. The van der Waals surface area contributed by atoms with Crippen molar-refractivity contribution in [3.8, 4) is 5.69 Å². The Balaban J connectivity index is 1.47. The van der Waals surface area contributed by atoms with E-state index in [2.05, 4.69) is 25.3 Å². The third kappa shape index (κ3) is 2.29. The Kier molecular flexibility index (Phi) is 2.92. The minimum atomic E-state index is 0.739. The lowest BCUT2D eigenvalue weighted by Gasteiger charge is -2.02. The summed E-state index contributed by atoms with van der Waals surface area (Å²) in [6, 6.07) is 9.89. The van der Waals surface area contributed by atoms with Crippen molar-refractivity contribution >= 4 is 5.82 Å². The summed E-state index contributed by atoms with van der Waals surface area (Å²) >= 11 is 0. The van der Waals surface area contributed by atoms with Crippen LogP contribution in [0.3, 0.4) is 0 Å². The molecule has 1 aliphatic heterocycles. The van der Waals surface area contributed by atoms with Gasteiger partial charge >= 0.3 is 0 Å².